The molecule has 0 aromatic rings. The average Bonchev–Trinajstić information content (AvgIpc) is 3.46. The molecular formula is C75H114O6. The van der Waals surface area contributed by atoms with E-state index in [1.165, 1.54) is 38.5 Å². The van der Waals surface area contributed by atoms with Crippen molar-refractivity contribution in [2.45, 2.75) is 245 Å². The van der Waals surface area contributed by atoms with Gasteiger partial charge in [0, 0.05) is 19.3 Å². The Kier molecular flexibility index (Phi) is 62.0. The third kappa shape index (κ3) is 64.9. The maximum Gasteiger partial charge on any atom is 0.306 e. The van der Waals surface area contributed by atoms with Gasteiger partial charge in [-0.15, -0.1) is 0 Å². The lowest BCUT2D eigenvalue weighted by atomic mass is 10.1. The molecule has 450 valence electrons. The standard InChI is InChI=1S/C75H114O6/c1-4-7-10-13-16-19-22-25-27-29-31-32-33-34-35-36-37-38-39-40-41-42-44-45-47-50-53-56-59-62-65-68-74(77)80-71-72(70-79-73(76)67-64-61-58-55-52-49-24-21-18-15-12-9-6-3)81-75(78)69-66-63-60-57-54-51-48-46-43-30-28-26-23-20-17-14-11-8-5-2/h7,9-10,12,16-21,25-28,31-32,34-35,37-38,40-41,43-46,49-50,52-53,58,61,72H,4-6,8,11,13-15,22-24,29-30,33,36,39,42,47-48,51,54-57,59-60,62-71H2,1-3H3/b10-7-,12-9-,19-16-,20-17-,21-18-,27-25-,28-26-,32-31-,35-34-,38-37-,41-40-,45-44-,46-43-,52-49-,53-50-,61-58-. The molecule has 0 aliphatic carbocycles. The number of unbranched alkanes of at least 4 members (excludes halogenated alkanes) is 12. The molecule has 0 aliphatic rings. The first-order valence-corrected chi connectivity index (χ1v) is 31.9. The lowest BCUT2D eigenvalue weighted by Gasteiger charge is -2.18. The van der Waals surface area contributed by atoms with Crippen LogP contribution in [0.2, 0.25) is 0 Å². The average molecular weight is 1110 g/mol. The molecule has 0 heterocycles. The highest BCUT2D eigenvalue weighted by atomic mass is 16.6. The van der Waals surface area contributed by atoms with Crippen molar-refractivity contribution in [1.29, 1.82) is 0 Å². The Hall–Kier alpha value is -5.75. The van der Waals surface area contributed by atoms with Gasteiger partial charge in [0.15, 0.2) is 6.10 Å². The molecule has 6 nitrogen and oxygen atoms in total. The van der Waals surface area contributed by atoms with Crippen LogP contribution >= 0.6 is 0 Å². The zero-order valence-corrected chi connectivity index (χ0v) is 51.5. The molecule has 0 aromatic carbocycles. The molecular weight excluding hydrogens is 997 g/mol. The summed E-state index contributed by atoms with van der Waals surface area (Å²) >= 11 is 0. The monoisotopic (exact) mass is 1110 g/mol. The van der Waals surface area contributed by atoms with Crippen LogP contribution in [-0.2, 0) is 28.6 Å². The highest BCUT2D eigenvalue weighted by Gasteiger charge is 2.19. The SMILES string of the molecule is CC/C=C\C/C=C\C/C=C\C/C=C\C/C=C\C/C=C\C/C=C\C/C=C\C/C=C\CCCCCC(=O)OCC(COC(=O)CC/C=C\C/C=C\C/C=C\C/C=C\CC)OC(=O)CCCCCCCC/C=C\C/C=C\C/C=C\CCCCC. The van der Waals surface area contributed by atoms with Crippen molar-refractivity contribution < 1.29 is 28.6 Å². The van der Waals surface area contributed by atoms with Crippen LogP contribution in [0.3, 0.4) is 0 Å². The zero-order chi connectivity index (χ0) is 58.5. The Balaban J connectivity index is 4.49. The first kappa shape index (κ1) is 75.2. The van der Waals surface area contributed by atoms with Gasteiger partial charge >= 0.3 is 17.9 Å². The van der Waals surface area contributed by atoms with Gasteiger partial charge in [-0.25, -0.2) is 0 Å². The van der Waals surface area contributed by atoms with Crippen molar-refractivity contribution in [2.24, 2.45) is 0 Å². The van der Waals surface area contributed by atoms with Gasteiger partial charge in [0.2, 0.25) is 0 Å². The fourth-order valence-corrected chi connectivity index (χ4v) is 7.87. The second-order valence-electron chi connectivity index (χ2n) is 20.2. The van der Waals surface area contributed by atoms with Gasteiger partial charge in [-0.05, 0) is 154 Å². The molecule has 0 saturated carbocycles. The highest BCUT2D eigenvalue weighted by Crippen LogP contribution is 2.12. The summed E-state index contributed by atoms with van der Waals surface area (Å²) in [4.78, 5) is 38.2. The van der Waals surface area contributed by atoms with E-state index >= 15 is 0 Å². The summed E-state index contributed by atoms with van der Waals surface area (Å²) in [7, 11) is 0. The zero-order valence-electron chi connectivity index (χ0n) is 51.5. The molecule has 6 heteroatoms. The molecule has 0 rings (SSSR count). The molecule has 0 aliphatic heterocycles. The molecule has 0 spiro atoms. The van der Waals surface area contributed by atoms with E-state index in [4.69, 9.17) is 14.2 Å². The summed E-state index contributed by atoms with van der Waals surface area (Å²) in [6.45, 7) is 6.26. The fourth-order valence-electron chi connectivity index (χ4n) is 7.87. The predicted molar refractivity (Wildman–Crippen MR) is 352 cm³/mol. The number of ether oxygens (including phenoxy) is 3. The van der Waals surface area contributed by atoms with Crippen LogP contribution in [0.15, 0.2) is 194 Å². The summed E-state index contributed by atoms with van der Waals surface area (Å²) in [5.41, 5.74) is 0. The van der Waals surface area contributed by atoms with Gasteiger partial charge in [-0.2, -0.15) is 0 Å². The Morgan fingerprint density at radius 2 is 0.506 bits per heavy atom. The van der Waals surface area contributed by atoms with Crippen LogP contribution in [0, 0.1) is 0 Å². The van der Waals surface area contributed by atoms with Gasteiger partial charge in [0.1, 0.15) is 13.2 Å². The number of allylic oxidation sites excluding steroid dienone is 32. The maximum atomic E-state index is 12.9. The van der Waals surface area contributed by atoms with Crippen LogP contribution < -0.4 is 0 Å². The Morgan fingerprint density at radius 3 is 0.840 bits per heavy atom. The van der Waals surface area contributed by atoms with Crippen LogP contribution in [0.5, 0.6) is 0 Å². The number of esters is 3. The van der Waals surface area contributed by atoms with Crippen molar-refractivity contribution in [3.63, 3.8) is 0 Å². The Morgan fingerprint density at radius 1 is 0.259 bits per heavy atom. The first-order valence-electron chi connectivity index (χ1n) is 31.9. The fraction of sp³-hybridized carbons (Fsp3) is 0.533. The minimum atomic E-state index is -0.841. The number of carbonyl (C=O) groups is 3. The Bertz CT molecular complexity index is 1950. The van der Waals surface area contributed by atoms with Crippen LogP contribution in [0.1, 0.15) is 239 Å². The van der Waals surface area contributed by atoms with E-state index in [9.17, 15) is 14.4 Å². The largest absolute Gasteiger partial charge is 0.462 e. The predicted octanol–water partition coefficient (Wildman–Crippen LogP) is 22.2. The van der Waals surface area contributed by atoms with Crippen molar-refractivity contribution in [2.75, 3.05) is 13.2 Å². The molecule has 0 fully saturated rings. The lowest BCUT2D eigenvalue weighted by Crippen LogP contribution is -2.30. The third-order valence-electron chi connectivity index (χ3n) is 12.6. The third-order valence-corrected chi connectivity index (χ3v) is 12.6. The van der Waals surface area contributed by atoms with E-state index in [1.54, 1.807) is 0 Å². The summed E-state index contributed by atoms with van der Waals surface area (Å²) in [6, 6.07) is 0. The van der Waals surface area contributed by atoms with Gasteiger partial charge < -0.3 is 14.2 Å². The molecule has 0 bridgehead atoms. The summed E-state index contributed by atoms with van der Waals surface area (Å²) in [6.07, 6.45) is 102. The number of rotatable bonds is 55. The van der Waals surface area contributed by atoms with E-state index < -0.39 is 6.10 Å². The number of carbonyl (C=O) groups excluding carboxylic acids is 3. The van der Waals surface area contributed by atoms with E-state index in [1.807, 2.05) is 12.2 Å². The van der Waals surface area contributed by atoms with Crippen LogP contribution in [-0.4, -0.2) is 37.2 Å². The smallest absolute Gasteiger partial charge is 0.306 e. The molecule has 0 aromatic heterocycles. The summed E-state index contributed by atoms with van der Waals surface area (Å²) in [5.74, 6) is -1.07. The summed E-state index contributed by atoms with van der Waals surface area (Å²) < 4.78 is 16.8. The normalized spacial score (nSPS) is 13.5. The topological polar surface area (TPSA) is 78.9 Å². The molecule has 81 heavy (non-hydrogen) atoms. The minimum Gasteiger partial charge on any atom is -0.462 e. The van der Waals surface area contributed by atoms with Crippen molar-refractivity contribution in [3.8, 4) is 0 Å². The molecule has 0 N–H and O–H groups in total. The van der Waals surface area contributed by atoms with E-state index in [0.717, 1.165) is 154 Å². The van der Waals surface area contributed by atoms with Crippen LogP contribution in [0.4, 0.5) is 0 Å². The molecule has 0 amide bonds. The Labute approximate surface area is 497 Å². The van der Waals surface area contributed by atoms with Crippen molar-refractivity contribution >= 4 is 17.9 Å². The maximum absolute atomic E-state index is 12.9. The van der Waals surface area contributed by atoms with E-state index in [-0.39, 0.29) is 44.0 Å². The lowest BCUT2D eigenvalue weighted by molar-refractivity contribution is -0.166. The number of hydrogen-bond acceptors (Lipinski definition) is 6. The van der Waals surface area contributed by atoms with Crippen molar-refractivity contribution in [1.82, 2.24) is 0 Å². The van der Waals surface area contributed by atoms with Gasteiger partial charge in [0.25, 0.3) is 0 Å². The molecule has 1 atom stereocenters. The van der Waals surface area contributed by atoms with Gasteiger partial charge in [-0.3, -0.25) is 14.4 Å². The van der Waals surface area contributed by atoms with Crippen molar-refractivity contribution in [3.05, 3.63) is 194 Å². The van der Waals surface area contributed by atoms with E-state index in [0.29, 0.717) is 12.8 Å². The molecule has 0 radical (unpaired) electrons. The van der Waals surface area contributed by atoms with Gasteiger partial charge in [-0.1, -0.05) is 260 Å². The molecule has 0 saturated heterocycles. The highest BCUT2D eigenvalue weighted by molar-refractivity contribution is 5.71. The second kappa shape index (κ2) is 66.8. The quantitative estimate of drug-likeness (QED) is 0.0261. The van der Waals surface area contributed by atoms with E-state index in [2.05, 4.69) is 203 Å². The second-order valence-corrected chi connectivity index (χ2v) is 20.2. The minimum absolute atomic E-state index is 0.133. The summed E-state index contributed by atoms with van der Waals surface area (Å²) in [5, 5.41) is 0. The molecule has 1 unspecified atom stereocenters. The number of hydrogen-bond donors (Lipinski definition) is 0. The first-order chi connectivity index (χ1) is 40.0. The van der Waals surface area contributed by atoms with Crippen LogP contribution in [0.25, 0.3) is 0 Å². The van der Waals surface area contributed by atoms with Gasteiger partial charge in [0.05, 0.1) is 0 Å².